The SMILES string of the molecule is Cc1nc(NCC2CC2)c2c(n1)N(c1ccc(Cl)cc1Cl)CC2. The maximum atomic E-state index is 6.38. The van der Waals surface area contributed by atoms with Gasteiger partial charge in [0.15, 0.2) is 0 Å². The average molecular weight is 349 g/mol. The molecule has 4 rings (SSSR count). The molecule has 120 valence electrons. The first-order chi connectivity index (χ1) is 11.1. The summed E-state index contributed by atoms with van der Waals surface area (Å²) in [4.78, 5) is 11.4. The summed E-state index contributed by atoms with van der Waals surface area (Å²) in [7, 11) is 0. The monoisotopic (exact) mass is 348 g/mol. The van der Waals surface area contributed by atoms with Crippen molar-refractivity contribution in [2.24, 2.45) is 5.92 Å². The van der Waals surface area contributed by atoms with Gasteiger partial charge in [0.05, 0.1) is 10.7 Å². The number of anilines is 3. The molecule has 1 aromatic carbocycles. The zero-order valence-corrected chi connectivity index (χ0v) is 14.5. The molecule has 2 aromatic rings. The van der Waals surface area contributed by atoms with Gasteiger partial charge in [0.1, 0.15) is 17.5 Å². The number of hydrogen-bond donors (Lipinski definition) is 1. The third-order valence-electron chi connectivity index (χ3n) is 4.39. The van der Waals surface area contributed by atoms with Crippen LogP contribution in [0.1, 0.15) is 24.2 Å². The van der Waals surface area contributed by atoms with Crippen molar-refractivity contribution in [1.29, 1.82) is 0 Å². The van der Waals surface area contributed by atoms with E-state index in [4.69, 9.17) is 23.2 Å². The molecule has 0 spiro atoms. The van der Waals surface area contributed by atoms with E-state index in [-0.39, 0.29) is 0 Å². The van der Waals surface area contributed by atoms with Crippen LogP contribution in [0.2, 0.25) is 10.0 Å². The van der Waals surface area contributed by atoms with Crippen molar-refractivity contribution in [3.8, 4) is 0 Å². The van der Waals surface area contributed by atoms with Crippen LogP contribution in [0.5, 0.6) is 0 Å². The molecule has 2 aliphatic rings. The highest BCUT2D eigenvalue weighted by atomic mass is 35.5. The summed E-state index contributed by atoms with van der Waals surface area (Å²) in [5.41, 5.74) is 2.13. The fourth-order valence-electron chi connectivity index (χ4n) is 3.01. The molecular formula is C17H18Cl2N4. The molecule has 0 bridgehead atoms. The molecule has 23 heavy (non-hydrogen) atoms. The predicted molar refractivity (Wildman–Crippen MR) is 95.2 cm³/mol. The fourth-order valence-corrected chi connectivity index (χ4v) is 3.52. The van der Waals surface area contributed by atoms with Gasteiger partial charge in [-0.2, -0.15) is 0 Å². The second-order valence-corrected chi connectivity index (χ2v) is 7.09. The Hall–Kier alpha value is -1.52. The minimum Gasteiger partial charge on any atom is -0.369 e. The smallest absolute Gasteiger partial charge is 0.142 e. The van der Waals surface area contributed by atoms with Crippen LogP contribution in [0.3, 0.4) is 0 Å². The van der Waals surface area contributed by atoms with Gasteiger partial charge in [-0.15, -0.1) is 0 Å². The normalized spacial score (nSPS) is 16.6. The summed E-state index contributed by atoms with van der Waals surface area (Å²) in [5, 5.41) is 4.80. The summed E-state index contributed by atoms with van der Waals surface area (Å²) in [6, 6.07) is 5.59. The molecule has 1 aliphatic heterocycles. The van der Waals surface area contributed by atoms with Gasteiger partial charge in [-0.1, -0.05) is 23.2 Å². The summed E-state index contributed by atoms with van der Waals surface area (Å²) < 4.78 is 0. The lowest BCUT2D eigenvalue weighted by atomic mass is 10.2. The highest BCUT2D eigenvalue weighted by molar-refractivity contribution is 6.36. The number of fused-ring (bicyclic) bond motifs is 1. The fraction of sp³-hybridized carbons (Fsp3) is 0.412. The number of nitrogens with one attached hydrogen (secondary N) is 1. The standard InChI is InChI=1S/C17H18Cl2N4/c1-10-21-16(20-9-11-2-3-11)13-6-7-23(17(13)22-10)15-5-4-12(18)8-14(15)19/h4-5,8,11H,2-3,6-7,9H2,1H3,(H,20,21,22). The van der Waals surface area contributed by atoms with E-state index in [0.29, 0.717) is 10.0 Å². The van der Waals surface area contributed by atoms with Gasteiger partial charge >= 0.3 is 0 Å². The highest BCUT2D eigenvalue weighted by Gasteiger charge is 2.28. The Kier molecular flexibility index (Phi) is 3.82. The molecule has 0 saturated heterocycles. The van der Waals surface area contributed by atoms with Crippen molar-refractivity contribution < 1.29 is 0 Å². The topological polar surface area (TPSA) is 41.1 Å². The summed E-state index contributed by atoms with van der Waals surface area (Å²) >= 11 is 12.4. The largest absolute Gasteiger partial charge is 0.369 e. The lowest BCUT2D eigenvalue weighted by molar-refractivity contribution is 0.874. The molecule has 1 fully saturated rings. The van der Waals surface area contributed by atoms with Gasteiger partial charge in [-0.05, 0) is 50.3 Å². The van der Waals surface area contributed by atoms with Crippen molar-refractivity contribution in [3.05, 3.63) is 39.6 Å². The summed E-state index contributed by atoms with van der Waals surface area (Å²) in [5.74, 6) is 3.52. The van der Waals surface area contributed by atoms with Crippen LogP contribution >= 0.6 is 23.2 Å². The Morgan fingerprint density at radius 1 is 1.26 bits per heavy atom. The zero-order valence-electron chi connectivity index (χ0n) is 12.9. The Morgan fingerprint density at radius 2 is 2.09 bits per heavy atom. The quantitative estimate of drug-likeness (QED) is 0.875. The van der Waals surface area contributed by atoms with Crippen molar-refractivity contribution in [1.82, 2.24) is 9.97 Å². The third kappa shape index (κ3) is 2.98. The average Bonchev–Trinajstić information content (AvgIpc) is 3.25. The molecule has 0 radical (unpaired) electrons. The number of aryl methyl sites for hydroxylation is 1. The summed E-state index contributed by atoms with van der Waals surface area (Å²) in [6.07, 6.45) is 3.57. The van der Waals surface area contributed by atoms with Crippen LogP contribution in [0.25, 0.3) is 0 Å². The number of rotatable bonds is 4. The number of benzene rings is 1. The van der Waals surface area contributed by atoms with Crippen molar-refractivity contribution in [3.63, 3.8) is 0 Å². The van der Waals surface area contributed by atoms with E-state index in [0.717, 1.165) is 48.6 Å². The van der Waals surface area contributed by atoms with Crippen LogP contribution in [-0.2, 0) is 6.42 Å². The van der Waals surface area contributed by atoms with Gasteiger partial charge < -0.3 is 10.2 Å². The van der Waals surface area contributed by atoms with E-state index < -0.39 is 0 Å². The number of hydrogen-bond acceptors (Lipinski definition) is 4. The van der Waals surface area contributed by atoms with Crippen LogP contribution in [0.4, 0.5) is 17.3 Å². The van der Waals surface area contributed by atoms with Crippen molar-refractivity contribution in [2.75, 3.05) is 23.3 Å². The van der Waals surface area contributed by atoms with Gasteiger partial charge in [-0.3, -0.25) is 0 Å². The molecule has 1 aliphatic carbocycles. The third-order valence-corrected chi connectivity index (χ3v) is 4.93. The summed E-state index contributed by atoms with van der Waals surface area (Å²) in [6.45, 7) is 3.79. The Labute approximate surface area is 145 Å². The minimum atomic E-state index is 0.642. The second-order valence-electron chi connectivity index (χ2n) is 6.24. The first-order valence-corrected chi connectivity index (χ1v) is 8.71. The molecule has 1 aromatic heterocycles. The van der Waals surface area contributed by atoms with Crippen LogP contribution in [0, 0.1) is 12.8 Å². The van der Waals surface area contributed by atoms with E-state index in [9.17, 15) is 0 Å². The number of nitrogens with zero attached hydrogens (tertiary/aromatic N) is 3. The van der Waals surface area contributed by atoms with Crippen LogP contribution in [-0.4, -0.2) is 23.1 Å². The van der Waals surface area contributed by atoms with Crippen molar-refractivity contribution >= 4 is 40.5 Å². The van der Waals surface area contributed by atoms with Crippen LogP contribution < -0.4 is 10.2 Å². The van der Waals surface area contributed by atoms with E-state index in [1.54, 1.807) is 6.07 Å². The minimum absolute atomic E-state index is 0.642. The highest BCUT2D eigenvalue weighted by Crippen LogP contribution is 2.40. The molecule has 6 heteroatoms. The molecular weight excluding hydrogens is 331 g/mol. The van der Waals surface area contributed by atoms with E-state index >= 15 is 0 Å². The molecule has 4 nitrogen and oxygen atoms in total. The van der Waals surface area contributed by atoms with E-state index in [1.807, 2.05) is 19.1 Å². The maximum Gasteiger partial charge on any atom is 0.142 e. The maximum absolute atomic E-state index is 6.38. The zero-order chi connectivity index (χ0) is 16.0. The van der Waals surface area contributed by atoms with Gasteiger partial charge in [0, 0.05) is 23.7 Å². The van der Waals surface area contributed by atoms with Gasteiger partial charge in [0.2, 0.25) is 0 Å². The van der Waals surface area contributed by atoms with Crippen molar-refractivity contribution in [2.45, 2.75) is 26.2 Å². The Morgan fingerprint density at radius 3 is 2.83 bits per heavy atom. The molecule has 2 heterocycles. The van der Waals surface area contributed by atoms with Gasteiger partial charge in [-0.25, -0.2) is 9.97 Å². The lowest BCUT2D eigenvalue weighted by Gasteiger charge is -2.20. The van der Waals surface area contributed by atoms with Gasteiger partial charge in [0.25, 0.3) is 0 Å². The number of halogens is 2. The second kappa shape index (κ2) is 5.84. The van der Waals surface area contributed by atoms with E-state index in [2.05, 4.69) is 20.2 Å². The van der Waals surface area contributed by atoms with E-state index in [1.165, 1.54) is 18.4 Å². The number of aromatic nitrogens is 2. The lowest BCUT2D eigenvalue weighted by Crippen LogP contribution is -2.15. The molecule has 0 atom stereocenters. The molecule has 0 amide bonds. The molecule has 1 saturated carbocycles. The first-order valence-electron chi connectivity index (χ1n) is 7.96. The first kappa shape index (κ1) is 15.0. The Bertz CT molecular complexity index is 758. The van der Waals surface area contributed by atoms with Crippen LogP contribution in [0.15, 0.2) is 18.2 Å². The molecule has 1 N–H and O–H groups in total. The molecule has 0 unspecified atom stereocenters. The predicted octanol–water partition coefficient (Wildman–Crippen LogP) is 4.61. The Balaban J connectivity index is 1.69.